The van der Waals surface area contributed by atoms with E-state index in [0.717, 1.165) is 29.2 Å². The van der Waals surface area contributed by atoms with Crippen LogP contribution >= 0.6 is 0 Å². The molecule has 0 saturated heterocycles. The third-order valence-corrected chi connectivity index (χ3v) is 5.37. The molecule has 4 nitrogen and oxygen atoms in total. The first-order valence-corrected chi connectivity index (χ1v) is 10.1. The summed E-state index contributed by atoms with van der Waals surface area (Å²) in [7, 11) is -3.92. The fourth-order valence-corrected chi connectivity index (χ4v) is 3.73. The van der Waals surface area contributed by atoms with Crippen molar-refractivity contribution in [1.82, 2.24) is 0 Å². The number of rotatable bonds is 7. The first-order chi connectivity index (χ1) is 12.5. The first kappa shape index (κ1) is 18.3. The molecule has 0 saturated carbocycles. The van der Waals surface area contributed by atoms with Gasteiger partial charge in [0.1, 0.15) is 10.6 Å². The Labute approximate surface area is 154 Å². The lowest BCUT2D eigenvalue weighted by Crippen LogP contribution is -2.10. The van der Waals surface area contributed by atoms with Gasteiger partial charge in [-0.3, -0.25) is 0 Å². The lowest BCUT2D eigenvalue weighted by Gasteiger charge is -2.12. The Morgan fingerprint density at radius 2 is 1.69 bits per heavy atom. The number of hydrogen-bond donors (Lipinski definition) is 0. The summed E-state index contributed by atoms with van der Waals surface area (Å²) in [5.74, 6) is 1.02. The molecule has 3 aromatic rings. The molecule has 0 N–H and O–H groups in total. The highest BCUT2D eigenvalue weighted by molar-refractivity contribution is 7.87. The Bertz CT molecular complexity index is 1000. The van der Waals surface area contributed by atoms with Crippen LogP contribution in [0.3, 0.4) is 0 Å². The molecular weight excluding hydrogens is 348 g/mol. The summed E-state index contributed by atoms with van der Waals surface area (Å²) in [6.07, 6.45) is 2.01. The topological polar surface area (TPSA) is 52.6 Å². The van der Waals surface area contributed by atoms with Crippen LogP contribution in [0.4, 0.5) is 0 Å². The maximum absolute atomic E-state index is 12.7. The van der Waals surface area contributed by atoms with Gasteiger partial charge in [-0.1, -0.05) is 49.7 Å². The minimum absolute atomic E-state index is 0.116. The van der Waals surface area contributed by atoms with E-state index in [1.165, 1.54) is 6.07 Å². The molecule has 3 aromatic carbocycles. The number of ether oxygens (including phenoxy) is 1. The van der Waals surface area contributed by atoms with E-state index in [4.69, 9.17) is 8.92 Å². The van der Waals surface area contributed by atoms with Gasteiger partial charge in [-0.05, 0) is 48.6 Å². The maximum Gasteiger partial charge on any atom is 0.339 e. The molecule has 0 aliphatic rings. The molecule has 0 amide bonds. The predicted molar refractivity (Wildman–Crippen MR) is 103 cm³/mol. The van der Waals surface area contributed by atoms with E-state index >= 15 is 0 Å². The lowest BCUT2D eigenvalue weighted by molar-refractivity contribution is 0.307. The van der Waals surface area contributed by atoms with Gasteiger partial charge >= 0.3 is 10.1 Å². The fraction of sp³-hybridized carbons (Fsp3) is 0.238. The minimum Gasteiger partial charge on any atom is -0.493 e. The lowest BCUT2D eigenvalue weighted by atomic mass is 10.1. The molecule has 0 aliphatic heterocycles. The molecule has 0 fully saturated rings. The summed E-state index contributed by atoms with van der Waals surface area (Å²) in [6, 6.07) is 17.7. The molecule has 5 heteroatoms. The maximum atomic E-state index is 12.7. The van der Waals surface area contributed by atoms with Crippen LogP contribution in [0.15, 0.2) is 65.6 Å². The van der Waals surface area contributed by atoms with Crippen LogP contribution < -0.4 is 8.92 Å². The number of aryl methyl sites for hydroxylation is 1. The molecule has 0 heterocycles. The van der Waals surface area contributed by atoms with E-state index in [0.29, 0.717) is 18.1 Å². The highest BCUT2D eigenvalue weighted by atomic mass is 32.2. The number of fused-ring (bicyclic) bond motifs is 1. The zero-order chi connectivity index (χ0) is 18.6. The SMILES string of the molecule is CCCCOc1ccc(S(=O)(=O)Oc2cccc3ccccc23)cc1C. The van der Waals surface area contributed by atoms with Crippen molar-refractivity contribution >= 4 is 20.9 Å². The second-order valence-corrected chi connectivity index (χ2v) is 7.69. The second-order valence-electron chi connectivity index (χ2n) is 6.14. The van der Waals surface area contributed by atoms with Crippen molar-refractivity contribution in [2.75, 3.05) is 6.61 Å². The van der Waals surface area contributed by atoms with Crippen LogP contribution in [-0.4, -0.2) is 15.0 Å². The Hall–Kier alpha value is -2.53. The van der Waals surface area contributed by atoms with Gasteiger partial charge in [-0.15, -0.1) is 0 Å². The Morgan fingerprint density at radius 1 is 0.923 bits per heavy atom. The molecule has 0 radical (unpaired) electrons. The largest absolute Gasteiger partial charge is 0.493 e. The molecule has 0 aliphatic carbocycles. The predicted octanol–water partition coefficient (Wildman–Crippen LogP) is 5.09. The van der Waals surface area contributed by atoms with Crippen LogP contribution in [0.25, 0.3) is 10.8 Å². The standard InChI is InChI=1S/C21H22O4S/c1-3-4-14-24-20-13-12-18(15-16(20)2)26(22,23)25-21-11-7-9-17-8-5-6-10-19(17)21/h5-13,15H,3-4,14H2,1-2H3. The molecule has 0 unspecified atom stereocenters. The van der Waals surface area contributed by atoms with E-state index in [9.17, 15) is 8.42 Å². The average Bonchev–Trinajstić information content (AvgIpc) is 2.63. The Balaban J connectivity index is 1.87. The third-order valence-electron chi connectivity index (χ3n) is 4.14. The summed E-state index contributed by atoms with van der Waals surface area (Å²) < 4.78 is 36.5. The summed E-state index contributed by atoms with van der Waals surface area (Å²) in [6.45, 7) is 4.55. The van der Waals surface area contributed by atoms with Crippen molar-refractivity contribution < 1.29 is 17.3 Å². The molecule has 3 rings (SSSR count). The van der Waals surface area contributed by atoms with Gasteiger partial charge in [0.25, 0.3) is 0 Å². The Kier molecular flexibility index (Phi) is 5.47. The van der Waals surface area contributed by atoms with Gasteiger partial charge in [-0.2, -0.15) is 8.42 Å². The van der Waals surface area contributed by atoms with Gasteiger partial charge in [0.05, 0.1) is 6.61 Å². The molecule has 136 valence electrons. The van der Waals surface area contributed by atoms with Crippen LogP contribution in [0.5, 0.6) is 11.5 Å². The molecule has 26 heavy (non-hydrogen) atoms. The first-order valence-electron chi connectivity index (χ1n) is 8.67. The van der Waals surface area contributed by atoms with Crippen molar-refractivity contribution in [3.8, 4) is 11.5 Å². The van der Waals surface area contributed by atoms with Gasteiger partial charge in [0, 0.05) is 5.39 Å². The van der Waals surface area contributed by atoms with E-state index < -0.39 is 10.1 Å². The van der Waals surface area contributed by atoms with Gasteiger partial charge < -0.3 is 8.92 Å². The number of unbranched alkanes of at least 4 members (excludes halogenated alkanes) is 1. The average molecular weight is 370 g/mol. The summed E-state index contributed by atoms with van der Waals surface area (Å²) in [5, 5.41) is 1.69. The van der Waals surface area contributed by atoms with E-state index in [-0.39, 0.29) is 4.90 Å². The molecule has 0 atom stereocenters. The van der Waals surface area contributed by atoms with Gasteiger partial charge in [-0.25, -0.2) is 0 Å². The normalized spacial score (nSPS) is 11.5. The molecule has 0 bridgehead atoms. The number of benzene rings is 3. The smallest absolute Gasteiger partial charge is 0.339 e. The van der Waals surface area contributed by atoms with Crippen LogP contribution in [0.2, 0.25) is 0 Å². The zero-order valence-electron chi connectivity index (χ0n) is 14.9. The molecular formula is C21H22O4S. The fourth-order valence-electron chi connectivity index (χ4n) is 2.70. The summed E-state index contributed by atoms with van der Waals surface area (Å²) >= 11 is 0. The monoisotopic (exact) mass is 370 g/mol. The van der Waals surface area contributed by atoms with Crippen LogP contribution in [-0.2, 0) is 10.1 Å². The Morgan fingerprint density at radius 3 is 2.46 bits per heavy atom. The molecule has 0 spiro atoms. The highest BCUT2D eigenvalue weighted by Gasteiger charge is 2.19. The van der Waals surface area contributed by atoms with E-state index in [1.54, 1.807) is 24.3 Å². The number of hydrogen-bond acceptors (Lipinski definition) is 4. The third kappa shape index (κ3) is 3.99. The van der Waals surface area contributed by atoms with Crippen molar-refractivity contribution in [3.63, 3.8) is 0 Å². The highest BCUT2D eigenvalue weighted by Crippen LogP contribution is 2.29. The van der Waals surface area contributed by atoms with Gasteiger partial charge in [0.15, 0.2) is 5.75 Å². The van der Waals surface area contributed by atoms with Crippen molar-refractivity contribution in [2.24, 2.45) is 0 Å². The van der Waals surface area contributed by atoms with Crippen molar-refractivity contribution in [3.05, 3.63) is 66.2 Å². The van der Waals surface area contributed by atoms with E-state index in [1.807, 2.05) is 37.3 Å². The van der Waals surface area contributed by atoms with Crippen LogP contribution in [0.1, 0.15) is 25.3 Å². The van der Waals surface area contributed by atoms with Crippen molar-refractivity contribution in [1.29, 1.82) is 0 Å². The van der Waals surface area contributed by atoms with Gasteiger partial charge in [0.2, 0.25) is 0 Å². The second kappa shape index (κ2) is 7.79. The summed E-state index contributed by atoms with van der Waals surface area (Å²) in [4.78, 5) is 0.116. The zero-order valence-corrected chi connectivity index (χ0v) is 15.8. The quantitative estimate of drug-likeness (QED) is 0.429. The van der Waals surface area contributed by atoms with E-state index in [2.05, 4.69) is 6.92 Å². The van der Waals surface area contributed by atoms with Crippen molar-refractivity contribution in [2.45, 2.75) is 31.6 Å². The molecule has 0 aromatic heterocycles. The minimum atomic E-state index is -3.92. The van der Waals surface area contributed by atoms with Crippen LogP contribution in [0, 0.1) is 6.92 Å². The summed E-state index contributed by atoms with van der Waals surface area (Å²) in [5.41, 5.74) is 0.767.